The van der Waals surface area contributed by atoms with Crippen LogP contribution in [-0.4, -0.2) is 16.3 Å². The van der Waals surface area contributed by atoms with Crippen molar-refractivity contribution in [2.75, 3.05) is 11.6 Å². The minimum absolute atomic E-state index is 0.336. The van der Waals surface area contributed by atoms with Crippen molar-refractivity contribution in [1.29, 1.82) is 0 Å². The first-order valence-corrected chi connectivity index (χ1v) is 8.55. The van der Waals surface area contributed by atoms with E-state index in [0.29, 0.717) is 17.1 Å². The third-order valence-electron chi connectivity index (χ3n) is 3.75. The number of anilines is 1. The predicted octanol–water partition coefficient (Wildman–Crippen LogP) is 3.20. The second-order valence-corrected chi connectivity index (χ2v) is 5.93. The lowest BCUT2D eigenvalue weighted by Gasteiger charge is -2.19. The predicted molar refractivity (Wildman–Crippen MR) is 90.0 cm³/mol. The van der Waals surface area contributed by atoms with Gasteiger partial charge in [-0.25, -0.2) is 4.39 Å². The van der Waals surface area contributed by atoms with Gasteiger partial charge in [-0.2, -0.15) is 0 Å². The summed E-state index contributed by atoms with van der Waals surface area (Å²) in [4.78, 5) is 4.46. The van der Waals surface area contributed by atoms with Gasteiger partial charge in [-0.3, -0.25) is 0 Å². The molecular formula is C17H14FN4OS+. The molecule has 0 spiro atoms. The van der Waals surface area contributed by atoms with Gasteiger partial charge in [0, 0.05) is 17.5 Å². The summed E-state index contributed by atoms with van der Waals surface area (Å²) in [6.45, 7) is 0. The normalized spacial score (nSPS) is 15.5. The maximum absolute atomic E-state index is 14.2. The first-order valence-electron chi connectivity index (χ1n) is 7.37. The number of hydrogen-bond acceptors (Lipinski definition) is 5. The van der Waals surface area contributed by atoms with E-state index in [1.165, 1.54) is 18.0 Å². The molecule has 1 unspecified atom stereocenters. The van der Waals surface area contributed by atoms with Crippen LogP contribution in [0.25, 0.3) is 11.3 Å². The Kier molecular flexibility index (Phi) is 3.78. The fourth-order valence-corrected chi connectivity index (χ4v) is 2.90. The number of rotatable bonds is 2. The van der Waals surface area contributed by atoms with E-state index in [1.807, 2.05) is 30.5 Å². The van der Waals surface area contributed by atoms with Crippen LogP contribution in [0.2, 0.25) is 0 Å². The Labute approximate surface area is 142 Å². The molecule has 0 radical (unpaired) electrons. The van der Waals surface area contributed by atoms with Crippen LogP contribution in [0.1, 0.15) is 11.8 Å². The molecule has 0 fully saturated rings. The van der Waals surface area contributed by atoms with E-state index in [-0.39, 0.29) is 5.82 Å². The van der Waals surface area contributed by atoms with E-state index in [9.17, 15) is 4.39 Å². The number of benzene rings is 2. The summed E-state index contributed by atoms with van der Waals surface area (Å²) in [6, 6.07) is 14.2. The van der Waals surface area contributed by atoms with Gasteiger partial charge in [0.25, 0.3) is 0 Å². The molecule has 3 aromatic rings. The SMILES string of the molecule is CS[n+]1cnc2c(n1)OC(c1ccccc1F)Nc1ccccc1-2. The summed E-state index contributed by atoms with van der Waals surface area (Å²) in [7, 11) is 0. The van der Waals surface area contributed by atoms with Crippen LogP contribution in [0.5, 0.6) is 5.88 Å². The summed E-state index contributed by atoms with van der Waals surface area (Å²) < 4.78 is 21.8. The standard InChI is InChI=1S/C17H13FN4OS/c1-24-22-10-19-15-12-7-3-5-9-14(12)20-16(23-17(15)21-22)11-6-2-4-8-13(11)18/h2-10,16H,1H3/p+1. The van der Waals surface area contributed by atoms with Crippen molar-refractivity contribution in [2.45, 2.75) is 6.23 Å². The minimum atomic E-state index is -0.694. The van der Waals surface area contributed by atoms with Crippen molar-refractivity contribution in [3.05, 3.63) is 66.2 Å². The molecule has 1 N–H and O–H groups in total. The van der Waals surface area contributed by atoms with E-state index >= 15 is 0 Å². The second-order valence-electron chi connectivity index (χ2n) is 5.19. The van der Waals surface area contributed by atoms with Gasteiger partial charge >= 0.3 is 12.2 Å². The second kappa shape index (κ2) is 6.09. The molecular weight excluding hydrogens is 327 g/mol. The molecule has 0 aliphatic carbocycles. The van der Waals surface area contributed by atoms with Crippen LogP contribution in [0.3, 0.4) is 0 Å². The number of nitrogens with one attached hydrogen (secondary N) is 1. The summed E-state index contributed by atoms with van der Waals surface area (Å²) in [5.74, 6) is 0.0233. The Morgan fingerprint density at radius 3 is 2.79 bits per heavy atom. The molecule has 0 amide bonds. The minimum Gasteiger partial charge on any atom is -0.444 e. The first kappa shape index (κ1) is 14.9. The van der Waals surface area contributed by atoms with Gasteiger partial charge in [0.2, 0.25) is 11.9 Å². The number of halogens is 1. The maximum Gasteiger partial charge on any atom is 0.319 e. The quantitative estimate of drug-likeness (QED) is 0.726. The van der Waals surface area contributed by atoms with E-state index in [2.05, 4.69) is 15.4 Å². The molecule has 7 heteroatoms. The van der Waals surface area contributed by atoms with Crippen molar-refractivity contribution in [1.82, 2.24) is 10.1 Å². The van der Waals surface area contributed by atoms with Crippen LogP contribution < -0.4 is 14.1 Å². The van der Waals surface area contributed by atoms with E-state index in [1.54, 1.807) is 28.6 Å². The van der Waals surface area contributed by atoms with Gasteiger partial charge < -0.3 is 10.1 Å². The van der Waals surface area contributed by atoms with Crippen LogP contribution in [0.4, 0.5) is 10.1 Å². The van der Waals surface area contributed by atoms with Gasteiger partial charge in [-0.15, -0.1) is 0 Å². The highest BCUT2D eigenvalue weighted by Crippen LogP contribution is 2.38. The van der Waals surface area contributed by atoms with Crippen molar-refractivity contribution in [2.24, 2.45) is 0 Å². The zero-order chi connectivity index (χ0) is 16.5. The Hall–Kier alpha value is -2.67. The average molecular weight is 341 g/mol. The largest absolute Gasteiger partial charge is 0.444 e. The molecule has 0 saturated carbocycles. The number of nitrogens with zero attached hydrogens (tertiary/aromatic N) is 3. The zero-order valence-electron chi connectivity index (χ0n) is 12.8. The molecule has 1 aromatic heterocycles. The monoisotopic (exact) mass is 341 g/mol. The Balaban J connectivity index is 1.89. The van der Waals surface area contributed by atoms with Gasteiger partial charge in [0.05, 0.1) is 17.5 Å². The van der Waals surface area contributed by atoms with Gasteiger partial charge in [-0.05, 0) is 28.3 Å². The molecule has 0 saturated heterocycles. The molecule has 120 valence electrons. The molecule has 0 bridgehead atoms. The maximum atomic E-state index is 14.2. The highest BCUT2D eigenvalue weighted by molar-refractivity contribution is 7.92. The molecule has 2 heterocycles. The summed E-state index contributed by atoms with van der Waals surface area (Å²) in [5, 5.41) is 7.67. The lowest BCUT2D eigenvalue weighted by Crippen LogP contribution is -2.31. The highest BCUT2D eigenvalue weighted by atomic mass is 32.2. The zero-order valence-corrected chi connectivity index (χ0v) is 13.6. The van der Waals surface area contributed by atoms with Crippen molar-refractivity contribution < 1.29 is 13.2 Å². The van der Waals surface area contributed by atoms with Gasteiger partial charge in [0.1, 0.15) is 5.82 Å². The highest BCUT2D eigenvalue weighted by Gasteiger charge is 2.30. The molecule has 1 atom stereocenters. The molecule has 2 aromatic carbocycles. The van der Waals surface area contributed by atoms with Crippen molar-refractivity contribution >= 4 is 17.6 Å². The Bertz CT molecular complexity index is 905. The lowest BCUT2D eigenvalue weighted by molar-refractivity contribution is -0.569. The van der Waals surface area contributed by atoms with E-state index in [0.717, 1.165) is 11.3 Å². The number of hydrogen-bond donors (Lipinski definition) is 1. The van der Waals surface area contributed by atoms with Crippen LogP contribution >= 0.6 is 11.9 Å². The van der Waals surface area contributed by atoms with Gasteiger partial charge in [0.15, 0.2) is 0 Å². The topological polar surface area (TPSA) is 50.9 Å². The molecule has 1 aliphatic rings. The molecule has 4 rings (SSSR count). The summed E-state index contributed by atoms with van der Waals surface area (Å²) in [5.41, 5.74) is 2.73. The number of ether oxygens (including phenoxy) is 1. The third-order valence-corrected chi connectivity index (χ3v) is 4.30. The number of para-hydroxylation sites is 1. The fourth-order valence-electron chi connectivity index (χ4n) is 2.60. The van der Waals surface area contributed by atoms with Crippen LogP contribution in [0.15, 0.2) is 54.9 Å². The van der Waals surface area contributed by atoms with Crippen LogP contribution in [0, 0.1) is 5.82 Å². The van der Waals surface area contributed by atoms with Crippen molar-refractivity contribution in [3.63, 3.8) is 0 Å². The van der Waals surface area contributed by atoms with Crippen molar-refractivity contribution in [3.8, 4) is 17.1 Å². The lowest BCUT2D eigenvalue weighted by atomic mass is 10.1. The Morgan fingerprint density at radius 1 is 1.17 bits per heavy atom. The molecule has 5 nitrogen and oxygen atoms in total. The number of aromatic nitrogens is 3. The molecule has 24 heavy (non-hydrogen) atoms. The third kappa shape index (κ3) is 2.56. The number of fused-ring (bicyclic) bond motifs is 3. The Morgan fingerprint density at radius 2 is 1.96 bits per heavy atom. The first-order chi connectivity index (χ1) is 11.8. The molecule has 1 aliphatic heterocycles. The van der Waals surface area contributed by atoms with E-state index in [4.69, 9.17) is 4.74 Å². The summed E-state index contributed by atoms with van der Waals surface area (Å²) in [6.07, 6.45) is 2.83. The smallest absolute Gasteiger partial charge is 0.319 e. The van der Waals surface area contributed by atoms with Crippen LogP contribution in [-0.2, 0) is 0 Å². The fraction of sp³-hybridized carbons (Fsp3) is 0.118. The van der Waals surface area contributed by atoms with E-state index < -0.39 is 6.23 Å². The van der Waals surface area contributed by atoms with Gasteiger partial charge in [-0.1, -0.05) is 34.4 Å². The summed E-state index contributed by atoms with van der Waals surface area (Å²) >= 11 is 1.40. The average Bonchev–Trinajstić information content (AvgIpc) is 2.78.